The monoisotopic (exact) mass is 890 g/mol. The molecule has 0 saturated heterocycles. The van der Waals surface area contributed by atoms with Crippen molar-refractivity contribution in [2.75, 3.05) is 4.90 Å². The van der Waals surface area contributed by atoms with Crippen LogP contribution in [0.2, 0.25) is 0 Å². The van der Waals surface area contributed by atoms with Crippen molar-refractivity contribution in [2.24, 2.45) is 0 Å². The molecular formula is C63H42N2S2. The fourth-order valence-corrected chi connectivity index (χ4v) is 13.6. The van der Waals surface area contributed by atoms with E-state index in [1.165, 1.54) is 107 Å². The number of hydrogen-bond acceptors (Lipinski definition) is 3. The summed E-state index contributed by atoms with van der Waals surface area (Å²) in [6.45, 7) is 4.71. The van der Waals surface area contributed by atoms with Gasteiger partial charge in [-0.05, 0) is 117 Å². The zero-order valence-corrected chi connectivity index (χ0v) is 38.6. The molecule has 0 amide bonds. The molecule has 67 heavy (non-hydrogen) atoms. The second-order valence-electron chi connectivity index (χ2n) is 18.4. The summed E-state index contributed by atoms with van der Waals surface area (Å²) in [6.07, 6.45) is 0. The van der Waals surface area contributed by atoms with Crippen molar-refractivity contribution in [1.29, 1.82) is 0 Å². The highest BCUT2D eigenvalue weighted by molar-refractivity contribution is 7.28. The molecule has 1 aliphatic rings. The zero-order chi connectivity index (χ0) is 44.4. The second-order valence-corrected chi connectivity index (χ2v) is 20.6. The molecule has 0 radical (unpaired) electrons. The summed E-state index contributed by atoms with van der Waals surface area (Å²) in [5, 5.41) is 8.02. The van der Waals surface area contributed by atoms with Crippen LogP contribution in [0.3, 0.4) is 0 Å². The van der Waals surface area contributed by atoms with Crippen molar-refractivity contribution in [1.82, 2.24) is 4.57 Å². The molecule has 3 aromatic heterocycles. The quantitative estimate of drug-likeness (QED) is 0.161. The third kappa shape index (κ3) is 5.80. The van der Waals surface area contributed by atoms with E-state index >= 15 is 0 Å². The Morgan fingerprint density at radius 2 is 0.836 bits per heavy atom. The molecule has 0 atom stereocenters. The van der Waals surface area contributed by atoms with Gasteiger partial charge in [0.05, 0.1) is 11.0 Å². The van der Waals surface area contributed by atoms with Crippen LogP contribution in [0, 0.1) is 0 Å². The molecule has 0 aliphatic heterocycles. The maximum absolute atomic E-state index is 2.49. The summed E-state index contributed by atoms with van der Waals surface area (Å²) in [7, 11) is 0. The fourth-order valence-electron chi connectivity index (χ4n) is 11.1. The first-order valence-corrected chi connectivity index (χ1v) is 24.7. The lowest BCUT2D eigenvalue weighted by molar-refractivity contribution is 0.660. The highest BCUT2D eigenvalue weighted by atomic mass is 32.1. The first kappa shape index (κ1) is 38.5. The Bertz CT molecular complexity index is 3970. The topological polar surface area (TPSA) is 8.17 Å². The zero-order valence-electron chi connectivity index (χ0n) is 37.0. The van der Waals surface area contributed by atoms with Gasteiger partial charge < -0.3 is 9.47 Å². The van der Waals surface area contributed by atoms with Crippen molar-refractivity contribution in [3.05, 3.63) is 230 Å². The molecular weight excluding hydrogens is 849 g/mol. The number of fused-ring (bicyclic) bond motifs is 14. The molecule has 14 rings (SSSR count). The average Bonchev–Trinajstić information content (AvgIpc) is 4.11. The largest absolute Gasteiger partial charge is 0.310 e. The van der Waals surface area contributed by atoms with Gasteiger partial charge in [0.25, 0.3) is 0 Å². The van der Waals surface area contributed by atoms with Crippen LogP contribution in [-0.2, 0) is 5.41 Å². The van der Waals surface area contributed by atoms with E-state index in [0.29, 0.717) is 0 Å². The Balaban J connectivity index is 0.868. The smallest absolute Gasteiger partial charge is 0.0556 e. The predicted octanol–water partition coefficient (Wildman–Crippen LogP) is 18.6. The summed E-state index contributed by atoms with van der Waals surface area (Å²) < 4.78 is 7.87. The van der Waals surface area contributed by atoms with Gasteiger partial charge in [0.2, 0.25) is 0 Å². The maximum atomic E-state index is 2.49. The molecule has 2 nitrogen and oxygen atoms in total. The van der Waals surface area contributed by atoms with Gasteiger partial charge in [-0.2, -0.15) is 0 Å². The Hall–Kier alpha value is -7.76. The van der Waals surface area contributed by atoms with E-state index in [9.17, 15) is 0 Å². The lowest BCUT2D eigenvalue weighted by atomic mass is 9.82. The Kier molecular flexibility index (Phi) is 8.40. The van der Waals surface area contributed by atoms with Crippen LogP contribution in [0.5, 0.6) is 0 Å². The third-order valence-corrected chi connectivity index (χ3v) is 16.8. The Labute approximate surface area is 396 Å². The molecule has 13 aromatic rings. The summed E-state index contributed by atoms with van der Waals surface area (Å²) in [5.74, 6) is 0. The highest BCUT2D eigenvalue weighted by Gasteiger charge is 2.36. The lowest BCUT2D eigenvalue weighted by Crippen LogP contribution is -2.16. The fraction of sp³-hybridized carbons (Fsp3) is 0.0476. The van der Waals surface area contributed by atoms with Gasteiger partial charge >= 0.3 is 0 Å². The third-order valence-electron chi connectivity index (χ3n) is 14.4. The van der Waals surface area contributed by atoms with Gasteiger partial charge in [0, 0.05) is 79.3 Å². The Morgan fingerprint density at radius 1 is 0.373 bits per heavy atom. The molecule has 10 aromatic carbocycles. The SMILES string of the molecule is CC1(C)c2ccccc2-c2ccc(N(c3ccc(-c4ccccc4)cc3)c3ccc(-c4ccc(-n5c6ccc7c8ccccc8sc7c6c6c7sc8ccccc8c7ccc65)cc4)cc3)cc21. The van der Waals surface area contributed by atoms with Crippen LogP contribution >= 0.6 is 22.7 Å². The number of anilines is 3. The molecule has 4 heteroatoms. The van der Waals surface area contributed by atoms with Crippen LogP contribution in [-0.4, -0.2) is 4.57 Å². The van der Waals surface area contributed by atoms with E-state index in [-0.39, 0.29) is 5.41 Å². The number of hydrogen-bond donors (Lipinski definition) is 0. The number of benzene rings is 10. The van der Waals surface area contributed by atoms with Crippen molar-refractivity contribution in [3.8, 4) is 39.1 Å². The second kappa shape index (κ2) is 14.6. The molecule has 0 N–H and O–H groups in total. The summed E-state index contributed by atoms with van der Waals surface area (Å²) in [4.78, 5) is 2.41. The van der Waals surface area contributed by atoms with Crippen LogP contribution in [0.4, 0.5) is 17.1 Å². The van der Waals surface area contributed by atoms with E-state index in [4.69, 9.17) is 0 Å². The maximum Gasteiger partial charge on any atom is 0.0556 e. The van der Waals surface area contributed by atoms with Crippen molar-refractivity contribution in [3.63, 3.8) is 0 Å². The minimum absolute atomic E-state index is 0.101. The molecule has 0 spiro atoms. The number of thiophene rings is 2. The van der Waals surface area contributed by atoms with Crippen molar-refractivity contribution in [2.45, 2.75) is 19.3 Å². The lowest BCUT2D eigenvalue weighted by Gasteiger charge is -2.28. The van der Waals surface area contributed by atoms with Crippen LogP contribution < -0.4 is 4.90 Å². The van der Waals surface area contributed by atoms with Gasteiger partial charge in [-0.3, -0.25) is 0 Å². The van der Waals surface area contributed by atoms with Crippen molar-refractivity contribution >= 4 is 102 Å². The summed E-state index contributed by atoms with van der Waals surface area (Å²) in [6, 6.07) is 80.9. The number of aromatic nitrogens is 1. The predicted molar refractivity (Wildman–Crippen MR) is 290 cm³/mol. The molecule has 0 unspecified atom stereocenters. The van der Waals surface area contributed by atoms with E-state index in [1.54, 1.807) is 0 Å². The molecule has 1 aliphatic carbocycles. The average molecular weight is 891 g/mol. The molecule has 0 fully saturated rings. The Morgan fingerprint density at radius 3 is 1.42 bits per heavy atom. The normalized spacial score (nSPS) is 13.0. The van der Waals surface area contributed by atoms with E-state index < -0.39 is 0 Å². The minimum atomic E-state index is -0.101. The number of nitrogens with zero attached hydrogens (tertiary/aromatic N) is 2. The first-order valence-electron chi connectivity index (χ1n) is 23.1. The van der Waals surface area contributed by atoms with Crippen LogP contribution in [0.15, 0.2) is 218 Å². The van der Waals surface area contributed by atoms with Crippen LogP contribution in [0.25, 0.3) is 101 Å². The highest BCUT2D eigenvalue weighted by Crippen LogP contribution is 2.52. The first-order chi connectivity index (χ1) is 33.0. The standard InChI is InChI=1S/C63H42N2S2/c1-63(2)53-17-9-6-14-47(53)48-33-32-46(38-54(48)63)64(43-26-20-40(21-27-43)39-12-4-3-5-13-39)44-28-22-41(23-29-44)42-24-30-45(31-25-42)65-55-36-34-51-49-15-7-10-18-57(49)66-61(51)59(55)60-56(65)37-35-52-50-16-8-11-19-58(50)67-62(52)60/h3-38H,1-2H3. The van der Waals surface area contributed by atoms with Crippen LogP contribution in [0.1, 0.15) is 25.0 Å². The van der Waals surface area contributed by atoms with E-state index in [1.807, 2.05) is 22.7 Å². The van der Waals surface area contributed by atoms with Gasteiger partial charge in [0.1, 0.15) is 0 Å². The van der Waals surface area contributed by atoms with E-state index in [0.717, 1.165) is 22.7 Å². The van der Waals surface area contributed by atoms with Gasteiger partial charge in [-0.1, -0.05) is 159 Å². The summed E-state index contributed by atoms with van der Waals surface area (Å²) in [5.41, 5.74) is 17.1. The van der Waals surface area contributed by atoms with Gasteiger partial charge in [-0.25, -0.2) is 0 Å². The van der Waals surface area contributed by atoms with Gasteiger partial charge in [0.15, 0.2) is 0 Å². The summed E-state index contributed by atoms with van der Waals surface area (Å²) >= 11 is 3.84. The van der Waals surface area contributed by atoms with Crippen molar-refractivity contribution < 1.29 is 0 Å². The number of rotatable bonds is 6. The molecule has 0 saturated carbocycles. The molecule has 0 bridgehead atoms. The minimum Gasteiger partial charge on any atom is -0.310 e. The van der Waals surface area contributed by atoms with Gasteiger partial charge in [-0.15, -0.1) is 22.7 Å². The molecule has 3 heterocycles. The molecule has 316 valence electrons. The van der Waals surface area contributed by atoms with E-state index in [2.05, 4.69) is 242 Å².